The minimum atomic E-state index is -4.00. The molecule has 0 heterocycles. The van der Waals surface area contributed by atoms with Gasteiger partial charge in [-0.3, -0.25) is 0 Å². The van der Waals surface area contributed by atoms with Crippen LogP contribution in [-0.2, 0) is 0 Å². The van der Waals surface area contributed by atoms with E-state index in [0.717, 1.165) is 0 Å². The molecule has 0 radical (unpaired) electrons. The highest BCUT2D eigenvalue weighted by molar-refractivity contribution is 6.73. The van der Waals surface area contributed by atoms with E-state index in [2.05, 4.69) is 0 Å². The van der Waals surface area contributed by atoms with E-state index in [4.69, 9.17) is 0 Å². The molecule has 1 rings (SSSR count). The summed E-state index contributed by atoms with van der Waals surface area (Å²) in [6.45, 7) is 1.30. The van der Waals surface area contributed by atoms with Crippen LogP contribution in [0, 0.1) is 0 Å². The molecule has 0 amide bonds. The number of rotatable bonds is 1. The summed E-state index contributed by atoms with van der Waals surface area (Å²) in [6, 6.07) is 8.10. The van der Waals surface area contributed by atoms with Gasteiger partial charge in [-0.2, -0.15) is 13.2 Å². The molecule has 0 saturated carbocycles. The van der Waals surface area contributed by atoms with Crippen molar-refractivity contribution >= 4 is 14.0 Å². The third-order valence-electron chi connectivity index (χ3n) is 1.79. The number of benzene rings is 1. The largest absolute Gasteiger partial charge is 0.362 e. The van der Waals surface area contributed by atoms with Crippen molar-refractivity contribution in [3.63, 3.8) is 0 Å². The topological polar surface area (TPSA) is 0 Å². The molecule has 1 aromatic rings. The van der Waals surface area contributed by atoms with Gasteiger partial charge in [0.2, 0.25) is 0 Å². The molecule has 66 valence electrons. The second-order valence-corrected chi connectivity index (χ2v) is 5.44. The average molecular weight is 190 g/mol. The van der Waals surface area contributed by atoms with Crippen LogP contribution in [0.1, 0.15) is 0 Å². The molecular formula is C8H9F3Si. The summed E-state index contributed by atoms with van der Waals surface area (Å²) in [5.74, 6) is -4.00. The molecule has 0 saturated heterocycles. The van der Waals surface area contributed by atoms with E-state index in [1.807, 2.05) is 0 Å². The predicted molar refractivity (Wildman–Crippen MR) is 45.1 cm³/mol. The second-order valence-electron chi connectivity index (χ2n) is 2.67. The molecule has 0 aliphatic rings. The van der Waals surface area contributed by atoms with Crippen LogP contribution in [0.5, 0.6) is 0 Å². The van der Waals surface area contributed by atoms with Crippen LogP contribution >= 0.6 is 0 Å². The maximum absolute atomic E-state index is 12.2. The van der Waals surface area contributed by atoms with Crippen LogP contribution in [0.25, 0.3) is 0 Å². The molecule has 0 fully saturated rings. The van der Waals surface area contributed by atoms with Crippen molar-refractivity contribution in [3.05, 3.63) is 30.3 Å². The average Bonchev–Trinajstić information content (AvgIpc) is 2.03. The number of halogens is 3. The molecule has 0 bridgehead atoms. The first-order chi connectivity index (χ1) is 5.52. The fraction of sp³-hybridized carbons (Fsp3) is 0.250. The lowest BCUT2D eigenvalue weighted by atomic mass is 10.4. The first kappa shape index (κ1) is 9.32. The summed E-state index contributed by atoms with van der Waals surface area (Å²) in [6.07, 6.45) is 0. The Bertz CT molecular complexity index is 242. The van der Waals surface area contributed by atoms with Crippen molar-refractivity contribution in [1.29, 1.82) is 0 Å². The zero-order chi connectivity index (χ0) is 9.19. The number of hydrogen-bond donors (Lipinski definition) is 0. The van der Waals surface area contributed by atoms with Crippen LogP contribution < -0.4 is 5.19 Å². The van der Waals surface area contributed by atoms with E-state index in [-0.39, 0.29) is 0 Å². The molecule has 4 heteroatoms. The highest BCUT2D eigenvalue weighted by Gasteiger charge is 2.37. The third kappa shape index (κ3) is 2.10. The minimum absolute atomic E-state index is 0.449. The summed E-state index contributed by atoms with van der Waals surface area (Å²) in [5.41, 5.74) is 0. The molecule has 1 aromatic carbocycles. The van der Waals surface area contributed by atoms with Gasteiger partial charge in [-0.25, -0.2) is 0 Å². The van der Waals surface area contributed by atoms with E-state index in [1.165, 1.54) is 6.55 Å². The van der Waals surface area contributed by atoms with Crippen LogP contribution in [0.3, 0.4) is 0 Å². The van der Waals surface area contributed by atoms with Crippen LogP contribution in [0.2, 0.25) is 6.55 Å². The summed E-state index contributed by atoms with van der Waals surface area (Å²) in [5, 5.41) is 0.449. The van der Waals surface area contributed by atoms with E-state index < -0.39 is 14.6 Å². The van der Waals surface area contributed by atoms with Gasteiger partial charge in [0.15, 0.2) is 8.80 Å². The molecule has 0 aromatic heterocycles. The SMILES string of the molecule is C[SiH](c1ccccc1)C(F)(F)F. The molecule has 12 heavy (non-hydrogen) atoms. The quantitative estimate of drug-likeness (QED) is 0.593. The predicted octanol–water partition coefficient (Wildman–Crippen LogP) is 1.85. The lowest BCUT2D eigenvalue weighted by molar-refractivity contribution is -0.0494. The number of hydrogen-bond acceptors (Lipinski definition) is 0. The van der Waals surface area contributed by atoms with Crippen molar-refractivity contribution in [2.75, 3.05) is 0 Å². The summed E-state index contributed by atoms with van der Waals surface area (Å²) in [7, 11) is -2.75. The Morgan fingerprint density at radius 2 is 1.58 bits per heavy atom. The Kier molecular flexibility index (Phi) is 2.57. The van der Waals surface area contributed by atoms with E-state index in [1.54, 1.807) is 30.3 Å². The van der Waals surface area contributed by atoms with Gasteiger partial charge in [0.1, 0.15) is 0 Å². The molecule has 0 aliphatic carbocycles. The van der Waals surface area contributed by atoms with Gasteiger partial charge < -0.3 is 0 Å². The second kappa shape index (κ2) is 3.31. The maximum Gasteiger partial charge on any atom is 0.362 e. The number of alkyl halides is 3. The molecule has 1 atom stereocenters. The Labute approximate surface area is 70.6 Å². The molecular weight excluding hydrogens is 181 g/mol. The van der Waals surface area contributed by atoms with Crippen molar-refractivity contribution in [1.82, 2.24) is 0 Å². The fourth-order valence-corrected chi connectivity index (χ4v) is 2.11. The van der Waals surface area contributed by atoms with Gasteiger partial charge in [0.05, 0.1) is 0 Å². The first-order valence-corrected chi connectivity index (χ1v) is 5.94. The monoisotopic (exact) mass is 190 g/mol. The van der Waals surface area contributed by atoms with Crippen LogP contribution in [0.15, 0.2) is 30.3 Å². The first-order valence-electron chi connectivity index (χ1n) is 3.63. The van der Waals surface area contributed by atoms with Gasteiger partial charge in [-0.1, -0.05) is 42.1 Å². The highest BCUT2D eigenvalue weighted by atomic mass is 28.3. The van der Waals surface area contributed by atoms with Gasteiger partial charge in [0.25, 0.3) is 0 Å². The van der Waals surface area contributed by atoms with E-state index >= 15 is 0 Å². The standard InChI is InChI=1S/C8H9F3Si/c1-12(8(9,10)11)7-5-3-2-4-6-7/h2-6,12H,1H3. The third-order valence-corrected chi connectivity index (χ3v) is 4.16. The van der Waals surface area contributed by atoms with Crippen LogP contribution in [-0.4, -0.2) is 14.6 Å². The molecule has 0 aliphatic heterocycles. The van der Waals surface area contributed by atoms with Gasteiger partial charge >= 0.3 is 5.80 Å². The lowest BCUT2D eigenvalue weighted by Crippen LogP contribution is -2.41. The van der Waals surface area contributed by atoms with E-state index in [0.29, 0.717) is 5.19 Å². The summed E-state index contributed by atoms with van der Waals surface area (Å²) >= 11 is 0. The lowest BCUT2D eigenvalue weighted by Gasteiger charge is -2.13. The fourth-order valence-electron chi connectivity index (χ4n) is 0.931. The van der Waals surface area contributed by atoms with Gasteiger partial charge in [0, 0.05) is 0 Å². The normalized spacial score (nSPS) is 14.3. The maximum atomic E-state index is 12.2. The molecule has 0 spiro atoms. The molecule has 0 N–H and O–H groups in total. The Morgan fingerprint density at radius 3 is 2.00 bits per heavy atom. The Hall–Kier alpha value is -0.773. The minimum Gasteiger partial charge on any atom is -0.177 e. The Morgan fingerprint density at radius 1 is 1.08 bits per heavy atom. The van der Waals surface area contributed by atoms with Crippen molar-refractivity contribution in [2.45, 2.75) is 12.3 Å². The zero-order valence-electron chi connectivity index (χ0n) is 6.60. The van der Waals surface area contributed by atoms with Crippen molar-refractivity contribution < 1.29 is 13.2 Å². The molecule has 1 unspecified atom stereocenters. The van der Waals surface area contributed by atoms with Gasteiger partial charge in [-0.05, 0) is 0 Å². The highest BCUT2D eigenvalue weighted by Crippen LogP contribution is 2.18. The Balaban J connectivity index is 2.86. The van der Waals surface area contributed by atoms with Crippen molar-refractivity contribution in [3.8, 4) is 0 Å². The van der Waals surface area contributed by atoms with E-state index in [9.17, 15) is 13.2 Å². The zero-order valence-corrected chi connectivity index (χ0v) is 7.75. The summed E-state index contributed by atoms with van der Waals surface area (Å²) < 4.78 is 36.6. The van der Waals surface area contributed by atoms with Crippen LogP contribution in [0.4, 0.5) is 13.2 Å². The smallest absolute Gasteiger partial charge is 0.177 e. The van der Waals surface area contributed by atoms with Crippen molar-refractivity contribution in [2.24, 2.45) is 0 Å². The molecule has 0 nitrogen and oxygen atoms in total. The summed E-state index contributed by atoms with van der Waals surface area (Å²) in [4.78, 5) is 0. The van der Waals surface area contributed by atoms with Gasteiger partial charge in [-0.15, -0.1) is 0 Å².